The van der Waals surface area contributed by atoms with E-state index in [4.69, 9.17) is 0 Å². The maximum absolute atomic E-state index is 4.13. The van der Waals surface area contributed by atoms with Crippen molar-refractivity contribution in [3.05, 3.63) is 78.6 Å². The second-order valence-electron chi connectivity index (χ2n) is 3.58. The van der Waals surface area contributed by atoms with Gasteiger partial charge in [-0.3, -0.25) is 0 Å². The predicted octanol–water partition coefficient (Wildman–Crippen LogP) is 3.89. The third kappa shape index (κ3) is 6.39. The standard InChI is InChI=1S/C10H9N2S.C5H5.Fe/c1-2-5-9(4-1)8-13-10-11-6-3-7-12-10;1-2-4-5-3-1;/h1-7H,8H2;1-5H;/q2*-1;+2. The summed E-state index contributed by atoms with van der Waals surface area (Å²) in [5, 5.41) is 0.837. The molecule has 3 rings (SSSR count). The Balaban J connectivity index is 0.000000256. The Morgan fingerprint density at radius 3 is 2.21 bits per heavy atom. The Bertz CT molecular complexity index is 489. The topological polar surface area (TPSA) is 25.8 Å². The predicted molar refractivity (Wildman–Crippen MR) is 75.7 cm³/mol. The Hall–Kier alpha value is -1.35. The summed E-state index contributed by atoms with van der Waals surface area (Å²) in [7, 11) is 0. The molecule has 0 amide bonds. The summed E-state index contributed by atoms with van der Waals surface area (Å²) in [4.78, 5) is 8.26. The third-order valence-electron chi connectivity index (χ3n) is 2.20. The Labute approximate surface area is 128 Å². The van der Waals surface area contributed by atoms with Gasteiger partial charge in [0.25, 0.3) is 0 Å². The largest absolute Gasteiger partial charge is 2.00 e. The van der Waals surface area contributed by atoms with Crippen molar-refractivity contribution in [3.8, 4) is 0 Å². The van der Waals surface area contributed by atoms with Crippen LogP contribution in [0.3, 0.4) is 0 Å². The van der Waals surface area contributed by atoms with Gasteiger partial charge in [-0.1, -0.05) is 11.8 Å². The van der Waals surface area contributed by atoms with Gasteiger partial charge in [0.2, 0.25) is 0 Å². The van der Waals surface area contributed by atoms with E-state index in [0.29, 0.717) is 0 Å². The summed E-state index contributed by atoms with van der Waals surface area (Å²) >= 11 is 1.66. The minimum absolute atomic E-state index is 0. The van der Waals surface area contributed by atoms with Gasteiger partial charge in [-0.2, -0.15) is 35.9 Å². The van der Waals surface area contributed by atoms with Crippen LogP contribution in [0.1, 0.15) is 5.56 Å². The van der Waals surface area contributed by atoms with Crippen LogP contribution in [0.5, 0.6) is 0 Å². The molecule has 0 saturated heterocycles. The van der Waals surface area contributed by atoms with Crippen molar-refractivity contribution in [2.24, 2.45) is 0 Å². The van der Waals surface area contributed by atoms with Crippen LogP contribution in [0, 0.1) is 0 Å². The summed E-state index contributed by atoms with van der Waals surface area (Å²) in [5.41, 5.74) is 1.32. The van der Waals surface area contributed by atoms with Gasteiger partial charge in [0, 0.05) is 18.1 Å². The molecule has 2 aromatic carbocycles. The van der Waals surface area contributed by atoms with Crippen LogP contribution < -0.4 is 0 Å². The zero-order valence-corrected chi connectivity index (χ0v) is 12.2. The van der Waals surface area contributed by atoms with Crippen LogP contribution >= 0.6 is 11.8 Å². The molecular weight excluding hydrogens is 296 g/mol. The van der Waals surface area contributed by atoms with E-state index in [1.165, 1.54) is 5.56 Å². The van der Waals surface area contributed by atoms with Gasteiger partial charge in [-0.05, 0) is 6.07 Å². The van der Waals surface area contributed by atoms with Crippen LogP contribution in [-0.4, -0.2) is 9.97 Å². The Kier molecular flexibility index (Phi) is 7.90. The summed E-state index contributed by atoms with van der Waals surface area (Å²) in [6.07, 6.45) is 3.53. The molecule has 0 unspecified atom stereocenters. The minimum Gasteiger partial charge on any atom is -0.231 e. The van der Waals surface area contributed by atoms with Crippen LogP contribution in [0.15, 0.2) is 78.2 Å². The molecular formula is C15H14FeN2S. The van der Waals surface area contributed by atoms with Crippen molar-refractivity contribution >= 4 is 11.8 Å². The van der Waals surface area contributed by atoms with Crippen molar-refractivity contribution in [3.63, 3.8) is 0 Å². The average Bonchev–Trinajstić information content (AvgIpc) is 3.13. The maximum atomic E-state index is 4.13. The van der Waals surface area contributed by atoms with E-state index in [1.807, 2.05) is 48.5 Å². The second-order valence-corrected chi connectivity index (χ2v) is 4.52. The van der Waals surface area contributed by atoms with Gasteiger partial charge in [0.05, 0.1) is 0 Å². The van der Waals surface area contributed by atoms with Crippen LogP contribution in [-0.2, 0) is 22.8 Å². The van der Waals surface area contributed by atoms with E-state index >= 15 is 0 Å². The van der Waals surface area contributed by atoms with Crippen molar-refractivity contribution in [2.45, 2.75) is 10.9 Å². The number of hydrogen-bond acceptors (Lipinski definition) is 3. The van der Waals surface area contributed by atoms with E-state index in [2.05, 4.69) is 22.1 Å². The molecule has 0 fully saturated rings. The Morgan fingerprint density at radius 1 is 0.947 bits per heavy atom. The first-order valence-corrected chi connectivity index (χ1v) is 6.71. The molecule has 4 heteroatoms. The molecule has 0 aliphatic rings. The quantitative estimate of drug-likeness (QED) is 0.318. The fourth-order valence-corrected chi connectivity index (χ4v) is 2.10. The summed E-state index contributed by atoms with van der Waals surface area (Å²) in [6, 6.07) is 20.1. The van der Waals surface area contributed by atoms with Crippen LogP contribution in [0.2, 0.25) is 0 Å². The van der Waals surface area contributed by atoms with Gasteiger partial charge in [0.1, 0.15) is 0 Å². The van der Waals surface area contributed by atoms with Crippen molar-refractivity contribution in [1.29, 1.82) is 0 Å². The molecule has 0 N–H and O–H groups in total. The zero-order chi connectivity index (χ0) is 12.5. The van der Waals surface area contributed by atoms with Crippen molar-refractivity contribution in [1.82, 2.24) is 9.97 Å². The number of aromatic nitrogens is 2. The van der Waals surface area contributed by atoms with E-state index in [9.17, 15) is 0 Å². The van der Waals surface area contributed by atoms with Crippen LogP contribution in [0.25, 0.3) is 0 Å². The first-order chi connectivity index (χ1) is 8.95. The van der Waals surface area contributed by atoms with Gasteiger partial charge in [0.15, 0.2) is 5.16 Å². The number of nitrogens with zero attached hydrogens (tertiary/aromatic N) is 2. The molecule has 98 valence electrons. The maximum Gasteiger partial charge on any atom is 2.00 e. The van der Waals surface area contributed by atoms with Gasteiger partial charge in [-0.15, -0.1) is 0 Å². The molecule has 19 heavy (non-hydrogen) atoms. The second kappa shape index (κ2) is 9.56. The SMILES string of the molecule is [Fe+2].c1cc[cH-]c1.c1cnc(SCc2ccc[cH-]2)nc1. The van der Waals surface area contributed by atoms with E-state index < -0.39 is 0 Å². The molecule has 0 aliphatic carbocycles. The fourth-order valence-electron chi connectivity index (χ4n) is 1.34. The van der Waals surface area contributed by atoms with Gasteiger partial charge >= 0.3 is 17.1 Å². The third-order valence-corrected chi connectivity index (χ3v) is 3.14. The molecule has 1 heterocycles. The Morgan fingerprint density at radius 2 is 1.68 bits per heavy atom. The molecule has 3 aromatic rings. The average molecular weight is 310 g/mol. The number of rotatable bonds is 3. The first-order valence-electron chi connectivity index (χ1n) is 5.72. The van der Waals surface area contributed by atoms with E-state index in [-0.39, 0.29) is 17.1 Å². The molecule has 2 nitrogen and oxygen atoms in total. The molecule has 0 atom stereocenters. The number of thioether (sulfide) groups is 1. The molecule has 0 radical (unpaired) electrons. The van der Waals surface area contributed by atoms with Gasteiger partial charge < -0.3 is 0 Å². The normalized spacial score (nSPS) is 9.05. The van der Waals surface area contributed by atoms with Crippen molar-refractivity contribution < 1.29 is 17.1 Å². The molecule has 0 bridgehead atoms. The summed E-state index contributed by atoms with van der Waals surface area (Å²) < 4.78 is 0. The summed E-state index contributed by atoms with van der Waals surface area (Å²) in [6.45, 7) is 0. The smallest absolute Gasteiger partial charge is 0.231 e. The van der Waals surface area contributed by atoms with Crippen LogP contribution in [0.4, 0.5) is 0 Å². The molecule has 1 aromatic heterocycles. The minimum atomic E-state index is 0. The van der Waals surface area contributed by atoms with E-state index in [0.717, 1.165) is 10.9 Å². The number of hydrogen-bond donors (Lipinski definition) is 0. The zero-order valence-electron chi connectivity index (χ0n) is 10.3. The monoisotopic (exact) mass is 310 g/mol. The molecule has 0 aliphatic heterocycles. The fraction of sp³-hybridized carbons (Fsp3) is 0.0667. The summed E-state index contributed by atoms with van der Waals surface area (Å²) in [5.74, 6) is 0.941. The van der Waals surface area contributed by atoms with Crippen molar-refractivity contribution in [2.75, 3.05) is 0 Å². The first kappa shape index (κ1) is 15.7. The van der Waals surface area contributed by atoms with E-state index in [1.54, 1.807) is 24.2 Å². The molecule has 0 spiro atoms. The molecule has 0 saturated carbocycles. The van der Waals surface area contributed by atoms with Gasteiger partial charge in [-0.25, -0.2) is 34.2 Å².